The lowest BCUT2D eigenvalue weighted by molar-refractivity contribution is 0.540. The molecule has 0 radical (unpaired) electrons. The second-order valence-electron chi connectivity index (χ2n) is 6.39. The third kappa shape index (κ3) is 19.5. The number of unbranched alkanes of at least 4 members (excludes halogenated alkanes) is 13. The molecule has 0 aliphatic heterocycles. The van der Waals surface area contributed by atoms with Gasteiger partial charge in [-0.25, -0.2) is 0 Å². The molecule has 0 saturated carbocycles. The lowest BCUT2D eigenvalue weighted by Crippen LogP contribution is -2.29. The maximum absolute atomic E-state index is 5.59. The van der Waals surface area contributed by atoms with Gasteiger partial charge in [0, 0.05) is 0 Å². The van der Waals surface area contributed by atoms with Crippen LogP contribution in [0.15, 0.2) is 12.3 Å². The molecule has 1 unspecified atom stereocenters. The van der Waals surface area contributed by atoms with Crippen molar-refractivity contribution >= 4 is 0 Å². The van der Waals surface area contributed by atoms with Crippen LogP contribution in [0.3, 0.4) is 0 Å². The van der Waals surface area contributed by atoms with Crippen LogP contribution in [0.25, 0.3) is 0 Å². The number of nitrogens with two attached hydrogens (primary N) is 1. The summed E-state index contributed by atoms with van der Waals surface area (Å²) in [4.78, 5) is 0. The van der Waals surface area contributed by atoms with Crippen LogP contribution in [0, 0.1) is 0 Å². The van der Waals surface area contributed by atoms with Crippen molar-refractivity contribution in [1.29, 1.82) is 0 Å². The molecular weight excluding hydrogens is 256 g/mol. The Kier molecular flexibility index (Phi) is 17.1. The summed E-state index contributed by atoms with van der Waals surface area (Å²) in [6.07, 6.45) is 23.9. The fourth-order valence-corrected chi connectivity index (χ4v) is 2.58. The molecule has 0 aromatic heterocycles. The lowest BCUT2D eigenvalue weighted by Gasteiger charge is -2.03. The molecule has 0 saturated heterocycles. The molecule has 21 heavy (non-hydrogen) atoms. The van der Waals surface area contributed by atoms with Crippen molar-refractivity contribution < 1.29 is 0 Å². The lowest BCUT2D eigenvalue weighted by atomic mass is 10.0. The van der Waals surface area contributed by atoms with E-state index in [1.807, 2.05) is 13.1 Å². The van der Waals surface area contributed by atoms with E-state index in [4.69, 9.17) is 5.73 Å². The molecule has 0 aliphatic rings. The van der Waals surface area contributed by atoms with Gasteiger partial charge in [-0.1, -0.05) is 90.0 Å². The zero-order valence-electron chi connectivity index (χ0n) is 14.7. The molecule has 0 fully saturated rings. The van der Waals surface area contributed by atoms with E-state index in [0.717, 1.165) is 0 Å². The van der Waals surface area contributed by atoms with Crippen molar-refractivity contribution in [3.63, 3.8) is 0 Å². The Labute approximate surface area is 134 Å². The first-order chi connectivity index (χ1) is 10.3. The molecular formula is C19H40N2. The fourth-order valence-electron chi connectivity index (χ4n) is 2.58. The van der Waals surface area contributed by atoms with Crippen LogP contribution in [0.1, 0.15) is 104 Å². The van der Waals surface area contributed by atoms with E-state index in [0.29, 0.717) is 0 Å². The molecule has 0 amide bonds. The van der Waals surface area contributed by atoms with Crippen LogP contribution in [0.4, 0.5) is 0 Å². The second kappa shape index (κ2) is 17.6. The third-order valence-corrected chi connectivity index (χ3v) is 3.95. The van der Waals surface area contributed by atoms with Gasteiger partial charge in [-0.15, -0.1) is 0 Å². The first-order valence-corrected chi connectivity index (χ1v) is 9.44. The zero-order chi connectivity index (χ0) is 15.6. The first kappa shape index (κ1) is 20.5. The Morgan fingerprint density at radius 1 is 0.762 bits per heavy atom. The van der Waals surface area contributed by atoms with Gasteiger partial charge < -0.3 is 11.1 Å². The number of hydrogen-bond donors (Lipinski definition) is 2. The SMILES string of the molecule is CCCCCCCCCCCCCCCC=CNC(C)N. The molecule has 2 nitrogen and oxygen atoms in total. The number of allylic oxidation sites excluding steroid dienone is 1. The van der Waals surface area contributed by atoms with Crippen molar-refractivity contribution in [2.24, 2.45) is 5.73 Å². The Hall–Kier alpha value is -0.500. The second-order valence-corrected chi connectivity index (χ2v) is 6.39. The Morgan fingerprint density at radius 3 is 1.62 bits per heavy atom. The molecule has 0 heterocycles. The summed E-state index contributed by atoms with van der Waals surface area (Å²) in [5.74, 6) is 0. The predicted octanol–water partition coefficient (Wildman–Crippen LogP) is 5.88. The van der Waals surface area contributed by atoms with Gasteiger partial charge in [-0.05, 0) is 26.0 Å². The van der Waals surface area contributed by atoms with E-state index in [-0.39, 0.29) is 6.17 Å². The van der Waals surface area contributed by atoms with Gasteiger partial charge in [0.15, 0.2) is 0 Å². The highest BCUT2D eigenvalue weighted by atomic mass is 15.0. The van der Waals surface area contributed by atoms with Gasteiger partial charge in [-0.3, -0.25) is 0 Å². The van der Waals surface area contributed by atoms with E-state index in [9.17, 15) is 0 Å². The molecule has 0 bridgehead atoms. The molecule has 0 spiro atoms. The summed E-state index contributed by atoms with van der Waals surface area (Å²) in [5.41, 5.74) is 5.59. The van der Waals surface area contributed by atoms with Crippen molar-refractivity contribution in [2.75, 3.05) is 0 Å². The van der Waals surface area contributed by atoms with E-state index >= 15 is 0 Å². The highest BCUT2D eigenvalue weighted by molar-refractivity contribution is 4.80. The van der Waals surface area contributed by atoms with Crippen molar-refractivity contribution in [2.45, 2.75) is 110 Å². The van der Waals surface area contributed by atoms with Crippen LogP contribution >= 0.6 is 0 Å². The normalized spacial score (nSPS) is 12.9. The summed E-state index contributed by atoms with van der Waals surface area (Å²) >= 11 is 0. The quantitative estimate of drug-likeness (QED) is 0.276. The number of nitrogens with one attached hydrogen (secondary N) is 1. The monoisotopic (exact) mass is 296 g/mol. The smallest absolute Gasteiger partial charge is 0.0709 e. The zero-order valence-corrected chi connectivity index (χ0v) is 14.7. The molecule has 0 aromatic rings. The maximum Gasteiger partial charge on any atom is 0.0709 e. The van der Waals surface area contributed by atoms with Crippen molar-refractivity contribution in [1.82, 2.24) is 5.32 Å². The van der Waals surface area contributed by atoms with Crippen LogP contribution in [0.2, 0.25) is 0 Å². The summed E-state index contributed by atoms with van der Waals surface area (Å²) in [6.45, 7) is 4.24. The average molecular weight is 297 g/mol. The molecule has 0 aromatic carbocycles. The first-order valence-electron chi connectivity index (χ1n) is 9.44. The van der Waals surface area contributed by atoms with E-state index < -0.39 is 0 Å². The minimum Gasteiger partial charge on any atom is -0.376 e. The minimum absolute atomic E-state index is 0.0629. The Bertz CT molecular complexity index is 212. The minimum atomic E-state index is 0.0629. The number of hydrogen-bond acceptors (Lipinski definition) is 2. The van der Waals surface area contributed by atoms with Crippen molar-refractivity contribution in [3.8, 4) is 0 Å². The van der Waals surface area contributed by atoms with Gasteiger partial charge in [0.25, 0.3) is 0 Å². The topological polar surface area (TPSA) is 38.0 Å². The fraction of sp³-hybridized carbons (Fsp3) is 0.895. The van der Waals surface area contributed by atoms with Crippen LogP contribution in [0.5, 0.6) is 0 Å². The van der Waals surface area contributed by atoms with Gasteiger partial charge in [0.1, 0.15) is 0 Å². The molecule has 2 heteroatoms. The molecule has 0 aliphatic carbocycles. The highest BCUT2D eigenvalue weighted by Crippen LogP contribution is 2.12. The highest BCUT2D eigenvalue weighted by Gasteiger charge is 1.93. The summed E-state index contributed by atoms with van der Waals surface area (Å²) < 4.78 is 0. The van der Waals surface area contributed by atoms with Crippen LogP contribution in [-0.2, 0) is 0 Å². The summed E-state index contributed by atoms with van der Waals surface area (Å²) in [7, 11) is 0. The van der Waals surface area contributed by atoms with E-state index in [1.54, 1.807) is 0 Å². The molecule has 3 N–H and O–H groups in total. The summed E-state index contributed by atoms with van der Waals surface area (Å²) in [6, 6.07) is 0. The number of rotatable bonds is 16. The van der Waals surface area contributed by atoms with Gasteiger partial charge >= 0.3 is 0 Å². The average Bonchev–Trinajstić information content (AvgIpc) is 2.46. The van der Waals surface area contributed by atoms with Crippen LogP contribution in [-0.4, -0.2) is 6.17 Å². The van der Waals surface area contributed by atoms with E-state index in [2.05, 4.69) is 18.3 Å². The Balaban J connectivity index is 3.01. The predicted molar refractivity (Wildman–Crippen MR) is 96.2 cm³/mol. The Morgan fingerprint density at radius 2 is 1.19 bits per heavy atom. The van der Waals surface area contributed by atoms with E-state index in [1.165, 1.54) is 89.9 Å². The molecule has 126 valence electrons. The molecule has 0 rings (SSSR count). The standard InChI is InChI=1S/C19H40N2/c1-3-4-5-6-7-8-9-10-11-12-13-14-15-16-17-18-21-19(2)20/h17-19,21H,3-16,20H2,1-2H3. The largest absolute Gasteiger partial charge is 0.376 e. The van der Waals surface area contributed by atoms with Crippen LogP contribution < -0.4 is 11.1 Å². The van der Waals surface area contributed by atoms with Gasteiger partial charge in [0.05, 0.1) is 6.17 Å². The van der Waals surface area contributed by atoms with Gasteiger partial charge in [0.2, 0.25) is 0 Å². The molecule has 1 atom stereocenters. The van der Waals surface area contributed by atoms with Crippen molar-refractivity contribution in [3.05, 3.63) is 12.3 Å². The maximum atomic E-state index is 5.59. The third-order valence-electron chi connectivity index (χ3n) is 3.95. The van der Waals surface area contributed by atoms with Gasteiger partial charge in [-0.2, -0.15) is 0 Å². The summed E-state index contributed by atoms with van der Waals surface area (Å²) in [5, 5.41) is 3.09.